The molecule has 1 amide bonds. The summed E-state index contributed by atoms with van der Waals surface area (Å²) in [4.78, 5) is 26.7. The molecule has 0 aromatic carbocycles. The maximum Gasteiger partial charge on any atom is 0.411 e. The molecule has 0 N–H and O–H groups in total. The van der Waals surface area contributed by atoms with Crippen LogP contribution in [-0.4, -0.2) is 49.8 Å². The van der Waals surface area contributed by atoms with E-state index in [1.165, 1.54) is 7.11 Å². The summed E-state index contributed by atoms with van der Waals surface area (Å²) in [6.07, 6.45) is 2.98. The number of ether oxygens (including phenoxy) is 2. The summed E-state index contributed by atoms with van der Waals surface area (Å²) in [5, 5.41) is 0. The van der Waals surface area contributed by atoms with Gasteiger partial charge in [0, 0.05) is 13.0 Å². The lowest BCUT2D eigenvalue weighted by molar-refractivity contribution is -0.153. The normalized spacial score (nSPS) is 20.7. The van der Waals surface area contributed by atoms with Gasteiger partial charge in [-0.05, 0) is 46.5 Å². The molecule has 1 fully saturated rings. The second-order valence-electron chi connectivity index (χ2n) is 8.66. The third-order valence-corrected chi connectivity index (χ3v) is 4.95. The van der Waals surface area contributed by atoms with E-state index in [9.17, 15) is 9.59 Å². The Morgan fingerprint density at radius 2 is 1.88 bits per heavy atom. The van der Waals surface area contributed by atoms with Gasteiger partial charge in [-0.3, -0.25) is 4.90 Å². The zero-order chi connectivity index (χ0) is 19.3. The van der Waals surface area contributed by atoms with Crippen LogP contribution in [0.5, 0.6) is 0 Å². The molecule has 0 aliphatic carbocycles. The molecule has 0 aromatic heterocycles. The minimum absolute atomic E-state index is 0.353. The van der Waals surface area contributed by atoms with Crippen LogP contribution in [0.4, 0.5) is 4.79 Å². The molecule has 1 unspecified atom stereocenters. The fraction of sp³-hybridized carbons (Fsp3) is 0.789. The fourth-order valence-corrected chi connectivity index (χ4v) is 3.68. The summed E-state index contributed by atoms with van der Waals surface area (Å²) in [6, 6.07) is 0. The number of unbranched alkanes of at least 4 members (excludes halogenated alkanes) is 1. The standard InChI is InChI=1S/C19H33NO4Si/c1-18(2,3)24-17(22)20-14-11-13-19(20,16(21)23-4)12-9-8-10-15-25(5,6)7/h8-9,11-14H2,1-7H3. The van der Waals surface area contributed by atoms with Crippen LogP contribution < -0.4 is 0 Å². The van der Waals surface area contributed by atoms with Crippen molar-refractivity contribution in [1.29, 1.82) is 0 Å². The summed E-state index contributed by atoms with van der Waals surface area (Å²) < 4.78 is 10.5. The average Bonchev–Trinajstić information content (AvgIpc) is 2.88. The Labute approximate surface area is 153 Å². The molecule has 0 radical (unpaired) electrons. The molecule has 1 rings (SSSR count). The van der Waals surface area contributed by atoms with Gasteiger partial charge >= 0.3 is 12.1 Å². The van der Waals surface area contributed by atoms with Crippen LogP contribution in [0.2, 0.25) is 19.6 Å². The van der Waals surface area contributed by atoms with Gasteiger partial charge in [0.05, 0.1) is 7.11 Å². The van der Waals surface area contributed by atoms with E-state index >= 15 is 0 Å². The molecule has 25 heavy (non-hydrogen) atoms. The van der Waals surface area contributed by atoms with Gasteiger partial charge in [-0.2, -0.15) is 0 Å². The molecule has 1 aliphatic heterocycles. The van der Waals surface area contributed by atoms with E-state index in [0.717, 1.165) is 19.3 Å². The number of methoxy groups -OCH3 is 1. The van der Waals surface area contributed by atoms with Crippen molar-refractivity contribution in [3.05, 3.63) is 0 Å². The fourth-order valence-electron chi connectivity index (χ4n) is 3.02. The highest BCUT2D eigenvalue weighted by molar-refractivity contribution is 6.83. The van der Waals surface area contributed by atoms with Crippen molar-refractivity contribution in [2.75, 3.05) is 13.7 Å². The van der Waals surface area contributed by atoms with E-state index in [-0.39, 0.29) is 5.97 Å². The predicted octanol–water partition coefficient (Wildman–Crippen LogP) is 3.98. The Bertz CT molecular complexity index is 550. The highest BCUT2D eigenvalue weighted by Crippen LogP contribution is 2.36. The first kappa shape index (κ1) is 21.6. The Hall–Kier alpha value is -1.48. The van der Waals surface area contributed by atoms with Gasteiger partial charge in [-0.25, -0.2) is 9.59 Å². The minimum atomic E-state index is -1.38. The van der Waals surface area contributed by atoms with Crippen molar-refractivity contribution in [2.45, 2.75) is 83.7 Å². The number of hydrogen-bond acceptors (Lipinski definition) is 4. The number of likely N-dealkylation sites (tertiary alicyclic amines) is 1. The first-order valence-corrected chi connectivity index (χ1v) is 12.5. The van der Waals surface area contributed by atoms with Gasteiger partial charge < -0.3 is 9.47 Å². The number of nitrogens with zero attached hydrogens (tertiary/aromatic N) is 1. The number of carbonyl (C=O) groups is 2. The van der Waals surface area contributed by atoms with E-state index in [1.807, 2.05) is 20.8 Å². The van der Waals surface area contributed by atoms with Crippen LogP contribution >= 0.6 is 0 Å². The van der Waals surface area contributed by atoms with Crippen LogP contribution in [0.1, 0.15) is 52.9 Å². The topological polar surface area (TPSA) is 55.8 Å². The molecule has 0 bridgehead atoms. The summed E-state index contributed by atoms with van der Waals surface area (Å²) in [5.41, 5.74) is 1.82. The maximum absolute atomic E-state index is 12.6. The molecule has 6 heteroatoms. The summed E-state index contributed by atoms with van der Waals surface area (Å²) in [6.45, 7) is 12.6. The van der Waals surface area contributed by atoms with Crippen molar-refractivity contribution in [2.24, 2.45) is 0 Å². The third-order valence-electron chi connectivity index (χ3n) is 4.02. The van der Waals surface area contributed by atoms with E-state index < -0.39 is 25.3 Å². The Morgan fingerprint density at radius 3 is 2.40 bits per heavy atom. The third kappa shape index (κ3) is 6.39. The zero-order valence-corrected chi connectivity index (χ0v) is 17.8. The van der Waals surface area contributed by atoms with Gasteiger partial charge in [0.15, 0.2) is 0 Å². The van der Waals surface area contributed by atoms with Gasteiger partial charge in [0.1, 0.15) is 19.2 Å². The van der Waals surface area contributed by atoms with Crippen LogP contribution in [0, 0.1) is 11.5 Å². The van der Waals surface area contributed by atoms with Crippen LogP contribution in [0.25, 0.3) is 0 Å². The van der Waals surface area contributed by atoms with E-state index in [2.05, 4.69) is 31.1 Å². The Kier molecular flexibility index (Phi) is 7.13. The van der Waals surface area contributed by atoms with Crippen LogP contribution in [-0.2, 0) is 14.3 Å². The monoisotopic (exact) mass is 367 g/mol. The van der Waals surface area contributed by atoms with Crippen molar-refractivity contribution >= 4 is 20.1 Å². The summed E-state index contributed by atoms with van der Waals surface area (Å²) in [7, 11) is -0.00584. The lowest BCUT2D eigenvalue weighted by Gasteiger charge is -2.36. The van der Waals surface area contributed by atoms with E-state index in [0.29, 0.717) is 19.4 Å². The molecule has 0 saturated carbocycles. The second-order valence-corrected chi connectivity index (χ2v) is 13.4. The van der Waals surface area contributed by atoms with Gasteiger partial charge in [-0.1, -0.05) is 19.6 Å². The van der Waals surface area contributed by atoms with Gasteiger partial charge in [0.2, 0.25) is 0 Å². The molecule has 5 nitrogen and oxygen atoms in total. The van der Waals surface area contributed by atoms with Crippen molar-refractivity contribution in [3.63, 3.8) is 0 Å². The predicted molar refractivity (Wildman–Crippen MR) is 102 cm³/mol. The quantitative estimate of drug-likeness (QED) is 0.326. The molecular weight excluding hydrogens is 334 g/mol. The molecule has 1 atom stereocenters. The van der Waals surface area contributed by atoms with Crippen molar-refractivity contribution in [3.8, 4) is 11.5 Å². The highest BCUT2D eigenvalue weighted by Gasteiger charge is 2.51. The molecule has 142 valence electrons. The first-order chi connectivity index (χ1) is 11.4. The lowest BCUT2D eigenvalue weighted by Crippen LogP contribution is -2.54. The van der Waals surface area contributed by atoms with Crippen molar-refractivity contribution < 1.29 is 19.1 Å². The van der Waals surface area contributed by atoms with Gasteiger partial charge in [-0.15, -0.1) is 11.5 Å². The molecule has 1 saturated heterocycles. The molecule has 0 spiro atoms. The molecule has 1 aliphatic rings. The largest absolute Gasteiger partial charge is 0.467 e. The zero-order valence-electron chi connectivity index (χ0n) is 16.8. The van der Waals surface area contributed by atoms with Crippen molar-refractivity contribution in [1.82, 2.24) is 4.90 Å². The smallest absolute Gasteiger partial charge is 0.411 e. The van der Waals surface area contributed by atoms with Crippen LogP contribution in [0.3, 0.4) is 0 Å². The lowest BCUT2D eigenvalue weighted by atomic mass is 9.89. The summed E-state index contributed by atoms with van der Waals surface area (Å²) in [5.74, 6) is 2.88. The van der Waals surface area contributed by atoms with Gasteiger partial charge in [0.25, 0.3) is 0 Å². The average molecular weight is 368 g/mol. The Morgan fingerprint density at radius 1 is 1.24 bits per heavy atom. The highest BCUT2D eigenvalue weighted by atomic mass is 28.3. The molecule has 0 aromatic rings. The van der Waals surface area contributed by atoms with E-state index in [1.54, 1.807) is 4.90 Å². The minimum Gasteiger partial charge on any atom is -0.467 e. The number of esters is 1. The molecule has 1 heterocycles. The summed E-state index contributed by atoms with van der Waals surface area (Å²) >= 11 is 0. The van der Waals surface area contributed by atoms with E-state index in [4.69, 9.17) is 9.47 Å². The Balaban J connectivity index is 2.88. The van der Waals surface area contributed by atoms with Crippen LogP contribution in [0.15, 0.2) is 0 Å². The molecular formula is C19H33NO4Si. The number of amides is 1. The number of rotatable bonds is 4. The number of carbonyl (C=O) groups excluding carboxylic acids is 2. The maximum atomic E-state index is 12.6. The first-order valence-electron chi connectivity index (χ1n) is 9.00. The number of hydrogen-bond donors (Lipinski definition) is 0. The SMILES string of the molecule is COC(=O)C1(CCCC#C[Si](C)(C)C)CCCN1C(=O)OC(C)(C)C. The second kappa shape index (κ2) is 8.26.